The number of aryl methyl sites for hydroxylation is 2. The average Bonchev–Trinajstić information content (AvgIpc) is 3.41. The van der Waals surface area contributed by atoms with Crippen LogP contribution in [-0.2, 0) is 33.5 Å². The lowest BCUT2D eigenvalue weighted by atomic mass is 9.64. The van der Waals surface area contributed by atoms with Gasteiger partial charge in [-0.05, 0) is 105 Å². The van der Waals surface area contributed by atoms with Crippen LogP contribution in [0.3, 0.4) is 0 Å². The molecule has 0 saturated heterocycles. The first-order chi connectivity index (χ1) is 24.8. The number of hydrogen-bond acceptors (Lipinski definition) is 8. The Morgan fingerprint density at radius 2 is 2.00 bits per heavy atom. The third-order valence-corrected chi connectivity index (χ3v) is 13.8. The predicted octanol–water partition coefficient (Wildman–Crippen LogP) is 6.54. The van der Waals surface area contributed by atoms with Crippen molar-refractivity contribution in [1.29, 1.82) is 0 Å². The Morgan fingerprint density at radius 3 is 2.75 bits per heavy atom. The summed E-state index contributed by atoms with van der Waals surface area (Å²) in [6.07, 6.45) is 11.3. The number of anilines is 1. The van der Waals surface area contributed by atoms with Crippen LogP contribution in [0.25, 0.3) is 0 Å². The number of nitrogens with zero attached hydrogens (tertiary/aromatic N) is 4. The minimum Gasteiger partial charge on any atom is -0.490 e. The van der Waals surface area contributed by atoms with Gasteiger partial charge >= 0.3 is 0 Å². The largest absolute Gasteiger partial charge is 0.490 e. The van der Waals surface area contributed by atoms with E-state index in [1.807, 2.05) is 25.1 Å². The Labute approximate surface area is 311 Å². The lowest BCUT2D eigenvalue weighted by molar-refractivity contribution is -0.0621. The van der Waals surface area contributed by atoms with Crippen molar-refractivity contribution >= 4 is 39.0 Å². The van der Waals surface area contributed by atoms with Crippen LogP contribution in [-0.4, -0.2) is 71.1 Å². The van der Waals surface area contributed by atoms with Gasteiger partial charge in [0.1, 0.15) is 21.2 Å². The molecule has 11 nitrogen and oxygen atoms in total. The number of halogens is 1. The lowest BCUT2D eigenvalue weighted by Crippen LogP contribution is -2.52. The van der Waals surface area contributed by atoms with E-state index in [0.29, 0.717) is 31.2 Å². The second-order valence-electron chi connectivity index (χ2n) is 15.2. The maximum absolute atomic E-state index is 14.6. The Balaban J connectivity index is 1.32. The van der Waals surface area contributed by atoms with Crippen LogP contribution < -0.4 is 19.1 Å². The molecule has 2 aliphatic heterocycles. The minimum atomic E-state index is -3.61. The molecule has 1 saturated carbocycles. The number of carbonyl (C=O) groups excluding carboxylic acids is 2. The third kappa shape index (κ3) is 6.97. The molecule has 2 amide bonds. The fourth-order valence-corrected chi connectivity index (χ4v) is 10.7. The molecule has 1 spiro atoms. The van der Waals surface area contributed by atoms with Gasteiger partial charge in [0, 0.05) is 49.4 Å². The fraction of sp³-hybridized carbons (Fsp3) is 0.513. The number of benzene rings is 2. The van der Waals surface area contributed by atoms with Gasteiger partial charge in [0.25, 0.3) is 11.8 Å². The fourth-order valence-electron chi connectivity index (χ4n) is 8.67. The zero-order valence-electron chi connectivity index (χ0n) is 30.5. The molecular weight excluding hydrogens is 702 g/mol. The van der Waals surface area contributed by atoms with Crippen molar-refractivity contribution in [3.63, 3.8) is 0 Å². The van der Waals surface area contributed by atoms with Crippen molar-refractivity contribution in [3.05, 3.63) is 82.0 Å². The van der Waals surface area contributed by atoms with Crippen molar-refractivity contribution < 1.29 is 28.0 Å². The highest BCUT2D eigenvalue weighted by Crippen LogP contribution is 2.49. The van der Waals surface area contributed by atoms with E-state index in [1.54, 1.807) is 20.2 Å². The van der Waals surface area contributed by atoms with Gasteiger partial charge in [-0.2, -0.15) is 0 Å². The van der Waals surface area contributed by atoms with Gasteiger partial charge in [0.05, 0.1) is 30.8 Å². The van der Waals surface area contributed by atoms with Crippen molar-refractivity contribution in [2.24, 2.45) is 29.2 Å². The van der Waals surface area contributed by atoms with Crippen molar-refractivity contribution in [2.75, 3.05) is 44.6 Å². The molecule has 2 bridgehead atoms. The SMILES string of the molecule is COc1nn(C)cc1C(=O)N[S@@]1(=O)=NC(=O)c2ccc3c(c2)N(C[C@@H]2CC[C@H]2[C@@](C)(OC)/C=C/C[C@H](C)C1)C[C@@]1(CCCc2cc(Cl)ccc21)CO3. The molecule has 1 fully saturated rings. The molecule has 4 aliphatic rings. The standard InChI is InChI=1S/C39H48ClN5O6S/c1-25-8-6-16-38(2,50-5)31-13-10-28(31)20-45-23-39(17-7-9-26-18-29(40)12-14-32(26)39)24-51-34-15-11-27(19-33(34)45)35(46)42-52(48,22-25)43-36(47)30-21-44(3)41-37(30)49-4/h6,11-12,14-16,18-19,21,25,28,31H,7-10,13,17,20,22-24H2,1-5H3,(H,42,43,46,47,48)/b16-6+/t25-,28-,31+,38-,39-,52-/m0/s1. The monoisotopic (exact) mass is 749 g/mol. The molecule has 7 rings (SSSR count). The highest BCUT2D eigenvalue weighted by atomic mass is 35.5. The summed E-state index contributed by atoms with van der Waals surface area (Å²) >= 11 is 6.47. The number of methoxy groups -OCH3 is 2. The number of carbonyl (C=O) groups is 2. The summed E-state index contributed by atoms with van der Waals surface area (Å²) in [6.45, 7) is 6.02. The van der Waals surface area contributed by atoms with E-state index in [-0.39, 0.29) is 40.0 Å². The highest BCUT2D eigenvalue weighted by molar-refractivity contribution is 7.92. The second-order valence-corrected chi connectivity index (χ2v) is 17.7. The van der Waals surface area contributed by atoms with Crippen LogP contribution in [0.15, 0.2) is 59.1 Å². The van der Waals surface area contributed by atoms with E-state index in [9.17, 15) is 13.8 Å². The number of amides is 2. The van der Waals surface area contributed by atoms with E-state index in [4.69, 9.17) is 25.8 Å². The third-order valence-electron chi connectivity index (χ3n) is 11.5. The Morgan fingerprint density at radius 1 is 1.17 bits per heavy atom. The summed E-state index contributed by atoms with van der Waals surface area (Å²) < 4.78 is 41.1. The number of rotatable bonds is 4. The molecule has 0 radical (unpaired) electrons. The number of nitrogens with one attached hydrogen (secondary N) is 1. The van der Waals surface area contributed by atoms with Gasteiger partial charge in [0.2, 0.25) is 5.88 Å². The molecule has 0 unspecified atom stereocenters. The summed E-state index contributed by atoms with van der Waals surface area (Å²) in [5.41, 5.74) is 2.90. The van der Waals surface area contributed by atoms with Crippen LogP contribution in [0.1, 0.15) is 77.8 Å². The van der Waals surface area contributed by atoms with Crippen LogP contribution in [0, 0.1) is 17.8 Å². The molecule has 2 aliphatic carbocycles. The maximum Gasteiger partial charge on any atom is 0.286 e. The van der Waals surface area contributed by atoms with Crippen LogP contribution >= 0.6 is 11.6 Å². The van der Waals surface area contributed by atoms with E-state index in [2.05, 4.69) is 50.3 Å². The van der Waals surface area contributed by atoms with Gasteiger partial charge in [-0.1, -0.05) is 36.7 Å². The highest BCUT2D eigenvalue weighted by Gasteiger charge is 2.47. The van der Waals surface area contributed by atoms with Gasteiger partial charge in [-0.3, -0.25) is 19.0 Å². The minimum absolute atomic E-state index is 0.0424. The van der Waals surface area contributed by atoms with Gasteiger partial charge in [0.15, 0.2) is 0 Å². The van der Waals surface area contributed by atoms with E-state index in [0.717, 1.165) is 49.4 Å². The number of fused-ring (bicyclic) bond motifs is 4. The zero-order valence-corrected chi connectivity index (χ0v) is 32.1. The van der Waals surface area contributed by atoms with Crippen molar-refractivity contribution in [3.8, 4) is 11.6 Å². The van der Waals surface area contributed by atoms with E-state index in [1.165, 1.54) is 29.1 Å². The topological polar surface area (TPSA) is 124 Å². The molecule has 278 valence electrons. The van der Waals surface area contributed by atoms with Crippen molar-refractivity contribution in [1.82, 2.24) is 14.5 Å². The van der Waals surface area contributed by atoms with E-state index >= 15 is 0 Å². The normalized spacial score (nSPS) is 30.8. The first kappa shape index (κ1) is 36.5. The Kier molecular flexibility index (Phi) is 9.94. The first-order valence-corrected chi connectivity index (χ1v) is 20.1. The molecule has 52 heavy (non-hydrogen) atoms. The number of aromatic nitrogens is 2. The molecule has 6 atom stereocenters. The summed E-state index contributed by atoms with van der Waals surface area (Å²) in [5, 5.41) is 4.89. The molecule has 1 aromatic heterocycles. The lowest BCUT2D eigenvalue weighted by Gasteiger charge is -2.49. The predicted molar refractivity (Wildman–Crippen MR) is 202 cm³/mol. The van der Waals surface area contributed by atoms with Crippen molar-refractivity contribution in [2.45, 2.75) is 63.4 Å². The molecule has 1 N–H and O–H groups in total. The van der Waals surface area contributed by atoms with E-state index < -0.39 is 27.3 Å². The van der Waals surface area contributed by atoms with Gasteiger partial charge < -0.3 is 19.1 Å². The van der Waals surface area contributed by atoms with Crippen LogP contribution in [0.5, 0.6) is 11.6 Å². The number of allylic oxidation sites excluding steroid dienone is 1. The molecule has 3 heterocycles. The summed E-state index contributed by atoms with van der Waals surface area (Å²) in [5.74, 6) is -0.207. The number of ether oxygens (including phenoxy) is 3. The quantitative estimate of drug-likeness (QED) is 0.299. The van der Waals surface area contributed by atoms with Crippen LogP contribution in [0.4, 0.5) is 5.69 Å². The maximum atomic E-state index is 14.6. The Hall–Kier alpha value is -3.87. The molecule has 3 aromatic rings. The Bertz CT molecular complexity index is 2040. The molecule has 13 heteroatoms. The average molecular weight is 750 g/mol. The number of hydrogen-bond donors (Lipinski definition) is 1. The summed E-state index contributed by atoms with van der Waals surface area (Å²) in [6, 6.07) is 11.5. The smallest absolute Gasteiger partial charge is 0.286 e. The molecular formula is C39H48ClN5O6S. The first-order valence-electron chi connectivity index (χ1n) is 18.1. The summed E-state index contributed by atoms with van der Waals surface area (Å²) in [4.78, 5) is 30.0. The summed E-state index contributed by atoms with van der Waals surface area (Å²) in [7, 11) is 1.22. The van der Waals surface area contributed by atoms with Crippen LogP contribution in [0.2, 0.25) is 5.02 Å². The molecule has 2 aromatic carbocycles. The zero-order chi connectivity index (χ0) is 36.8. The van der Waals surface area contributed by atoms with Gasteiger partial charge in [-0.25, -0.2) is 4.21 Å². The van der Waals surface area contributed by atoms with Gasteiger partial charge in [-0.15, -0.1) is 9.46 Å². The second kappa shape index (κ2) is 14.2.